The fourth-order valence-corrected chi connectivity index (χ4v) is 14.3. The largest absolute Gasteiger partial charge is 0.394 e. The number of anilines is 3. The Morgan fingerprint density at radius 1 is 0.463 bits per heavy atom. The van der Waals surface area contributed by atoms with Crippen LogP contribution in [-0.4, -0.2) is 251 Å². The third-order valence-electron chi connectivity index (χ3n) is 18.2. The van der Waals surface area contributed by atoms with Crippen molar-refractivity contribution in [3.8, 4) is 0 Å². The molecule has 0 amide bonds. The Morgan fingerprint density at radius 2 is 0.787 bits per heavy atom. The second-order valence-electron chi connectivity index (χ2n) is 25.8. The molecule has 6 aromatic heterocycles. The average Bonchev–Trinajstić information content (AvgIpc) is 1.53. The molecule has 12 N–H and O–H groups in total. The van der Waals surface area contributed by atoms with E-state index in [1.54, 1.807) is 0 Å². The van der Waals surface area contributed by atoms with Crippen LogP contribution in [0.1, 0.15) is 179 Å². The summed E-state index contributed by atoms with van der Waals surface area (Å²) in [5.41, 5.74) is -1.37. The second-order valence-corrected chi connectivity index (χ2v) is 28.9. The number of ether oxygens (including phenoxy) is 3. The van der Waals surface area contributed by atoms with Crippen molar-refractivity contribution in [3.63, 3.8) is 0 Å². The molecular weight excluding hydrogens is 1460 g/mol. The minimum absolute atomic E-state index is 0.00466. The van der Waals surface area contributed by atoms with E-state index in [-0.39, 0.29) is 133 Å². The monoisotopic (exact) mass is 1580 g/mol. The molecular formula is C72H93F3N18O12S3. The van der Waals surface area contributed by atoms with Gasteiger partial charge in [0.05, 0.1) is 103 Å². The molecule has 3 aromatic carbocycles. The van der Waals surface area contributed by atoms with E-state index in [1.165, 1.54) is 65.4 Å². The van der Waals surface area contributed by atoms with Gasteiger partial charge in [-0.05, 0) is 111 Å². The van der Waals surface area contributed by atoms with E-state index in [9.17, 15) is 59.1 Å². The van der Waals surface area contributed by atoms with Gasteiger partial charge in [0.2, 0.25) is 0 Å². The van der Waals surface area contributed by atoms with E-state index in [1.807, 2.05) is 20.8 Å². The maximum atomic E-state index is 14.7. The van der Waals surface area contributed by atoms with Crippen LogP contribution in [0.25, 0.3) is 33.5 Å². The normalized spacial score (nSPS) is 35.3. The maximum Gasteiger partial charge on any atom is 0.191 e. The Kier molecular flexibility index (Phi) is 17.7. The lowest BCUT2D eigenvalue weighted by Gasteiger charge is -2.17. The van der Waals surface area contributed by atoms with Gasteiger partial charge in [-0.1, -0.05) is 108 Å². The number of thioether (sulfide) groups is 3. The van der Waals surface area contributed by atoms with Crippen molar-refractivity contribution in [1.29, 1.82) is 0 Å². The first-order chi connectivity index (χ1) is 60.9. The minimum atomic E-state index is -3.41. The lowest BCUT2D eigenvalue weighted by Crippen LogP contribution is -2.33. The number of nitrogens with one attached hydrogen (secondary N) is 3. The molecule has 9 aromatic rings. The third kappa shape index (κ3) is 17.5. The zero-order valence-corrected chi connectivity index (χ0v) is 61.1. The van der Waals surface area contributed by atoms with Crippen molar-refractivity contribution in [2.24, 2.45) is 0 Å². The Hall–Kier alpha value is -7.14. The number of hydrogen-bond donors (Lipinski definition) is 12. The highest BCUT2D eigenvalue weighted by Gasteiger charge is 2.49. The highest BCUT2D eigenvalue weighted by atomic mass is 32.2. The van der Waals surface area contributed by atoms with Crippen molar-refractivity contribution in [2.75, 3.05) is 72.7 Å². The van der Waals surface area contributed by atoms with Gasteiger partial charge >= 0.3 is 0 Å². The first-order valence-corrected chi connectivity index (χ1v) is 37.4. The Labute approximate surface area is 665 Å². The van der Waals surface area contributed by atoms with Crippen LogP contribution >= 0.6 is 35.3 Å². The number of aliphatic hydroxyl groups is 9. The van der Waals surface area contributed by atoms with E-state index in [0.717, 1.165) is 23.9 Å². The number of rotatable bonds is 30. The predicted molar refractivity (Wildman–Crippen MR) is 398 cm³/mol. The molecule has 0 bridgehead atoms. The lowest BCUT2D eigenvalue weighted by molar-refractivity contribution is -0.0629. The van der Waals surface area contributed by atoms with Crippen LogP contribution in [0, 0.1) is 38.2 Å². The summed E-state index contributed by atoms with van der Waals surface area (Å²) in [6, 6.07) is -13.7. The smallest absolute Gasteiger partial charge is 0.191 e. The summed E-state index contributed by atoms with van der Waals surface area (Å²) in [6.07, 6.45) is -11.7. The van der Waals surface area contributed by atoms with Crippen molar-refractivity contribution in [2.45, 2.75) is 224 Å². The summed E-state index contributed by atoms with van der Waals surface area (Å²) < 4.78 is 251. The molecule has 0 saturated heterocycles. The van der Waals surface area contributed by atoms with Gasteiger partial charge in [0.1, 0.15) is 54.1 Å². The fourth-order valence-electron chi connectivity index (χ4n) is 12.2. The zero-order chi connectivity index (χ0) is 96.7. The molecule has 6 heterocycles. The standard InChI is InChI=1S/3C24H31FN6O4S/c3*1-3-8-36-24-27-22(26-16-10-14(16)13-5-4-12(2)15(25)9-13)19-23(28-24)31(30-29-19)17-11-18(35-7-6-32)21(34)20(17)33/h3*4-5,9,14,16-18,20-21,32-34H,3,6-8,10-11H2,1-2H3,(H,26,27,28)/t3*14-,16+,17+,18-,20-,21+/m000/s1/i4D,5D,6D2,7D2,9D,14D,16D;4D,5D,7D2,9D,14D,16D;4D,5D,6D2,9D,14D,16D. The van der Waals surface area contributed by atoms with Crippen LogP contribution < -0.4 is 16.0 Å². The molecule has 6 fully saturated rings. The molecule has 0 radical (unpaired) electrons. The minimum Gasteiger partial charge on any atom is -0.394 e. The second kappa shape index (κ2) is 35.1. The van der Waals surface area contributed by atoms with Crippen LogP contribution in [0.4, 0.5) is 30.6 Å². The molecule has 108 heavy (non-hydrogen) atoms. The summed E-state index contributed by atoms with van der Waals surface area (Å²) in [4.78, 5) is 26.9. The molecule has 0 aliphatic heterocycles. The lowest BCUT2D eigenvalue weighted by atomic mass is 10.1. The van der Waals surface area contributed by atoms with Crippen LogP contribution in [0.2, 0.25) is 0 Å². The number of aromatic nitrogens is 15. The number of aliphatic hydroxyl groups excluding tert-OH is 7. The van der Waals surface area contributed by atoms with Gasteiger partial charge in [-0.25, -0.2) is 57.1 Å². The first kappa shape index (κ1) is 54.5. The molecule has 0 unspecified atom stereocenters. The van der Waals surface area contributed by atoms with E-state index in [0.29, 0.717) is 17.3 Å². The van der Waals surface area contributed by atoms with Gasteiger partial charge in [0, 0.05) is 76.4 Å². The maximum absolute atomic E-state index is 14.7. The molecule has 36 heteroatoms. The molecule has 15 rings (SSSR count). The van der Waals surface area contributed by atoms with Gasteiger partial charge in [0.25, 0.3) is 0 Å². The highest BCUT2D eigenvalue weighted by molar-refractivity contribution is 7.99. The number of fused-ring (bicyclic) bond motifs is 3. The molecule has 6 aliphatic rings. The van der Waals surface area contributed by atoms with Gasteiger partial charge in [-0.3, -0.25) is 0 Å². The van der Waals surface area contributed by atoms with Crippen molar-refractivity contribution >= 4 is 86.2 Å². The number of hydrogen-bond acceptors (Lipinski definition) is 30. The molecule has 6 aliphatic carbocycles. The topological polar surface area (TPSA) is 415 Å². The summed E-state index contributed by atoms with van der Waals surface area (Å²) in [7, 11) is 0. The summed E-state index contributed by atoms with van der Waals surface area (Å²) >= 11 is 3.81. The van der Waals surface area contributed by atoms with E-state index >= 15 is 0 Å². The third-order valence-corrected chi connectivity index (χ3v) is 21.3. The molecule has 6 saturated carbocycles. The van der Waals surface area contributed by atoms with Crippen LogP contribution in [0.3, 0.4) is 0 Å². The van der Waals surface area contributed by atoms with E-state index in [2.05, 4.69) is 76.8 Å². The SMILES string of the molecule is [2H]c1c([2H])c([C@]2([2H])C[C@@]2([2H])Nc2nc(SCCC)nc3c2nnn3[C@@H]2C[C@H](OC([2H])([2H])C([2H])([2H])O)[C@@H](O)[C@H]2O)c([2H])c(F)c1C.[2H]c1c([2H])c([C@]2([2H])C[C@@]2([2H])Nc2nc(SCCC)nc3c2nnn3[C@@H]2C[C@H](OC([2H])([2H])CO)[C@@H](O)[C@H]2O)c([2H])c(F)c1C.[2H]c1c([2H])c([C@]2([2H])C[C@@]2([2H])Nc2nc(SCCC)nc3c2nnn3[C@@H]2C[C@H](OCC([2H])([2H])O)[C@@H](O)[C@H]2O)c([2H])c(F)c1C. The Bertz CT molecular complexity index is 5800. The summed E-state index contributed by atoms with van der Waals surface area (Å²) in [5, 5.41) is 126. The molecule has 582 valence electrons. The fraction of sp³-hybridized carbons (Fsp3) is 0.583. The number of nitrogens with zero attached hydrogens (tertiary/aromatic N) is 15. The highest BCUT2D eigenvalue weighted by Crippen LogP contribution is 2.48. The number of benzene rings is 3. The van der Waals surface area contributed by atoms with Crippen molar-refractivity contribution < 1.29 is 105 Å². The van der Waals surface area contributed by atoms with Gasteiger partial charge in [0.15, 0.2) is 66.4 Å². The van der Waals surface area contributed by atoms with Gasteiger partial charge < -0.3 is 76.1 Å². The van der Waals surface area contributed by atoms with Crippen molar-refractivity contribution in [3.05, 3.63) is 105 Å². The Balaban J connectivity index is 0.000000167. The van der Waals surface area contributed by atoms with Gasteiger partial charge in [-0.2, -0.15) is 0 Å². The molecule has 0 spiro atoms. The molecule has 18 atom stereocenters. The Morgan fingerprint density at radius 3 is 1.09 bits per heavy atom. The zero-order valence-electron chi connectivity index (χ0n) is 81.6. The van der Waals surface area contributed by atoms with Crippen LogP contribution in [-0.2, 0) is 14.2 Å². The average molecular weight is 1580 g/mol. The molecule has 30 nitrogen and oxygen atoms in total. The quantitative estimate of drug-likeness (QED) is 0.0168. The van der Waals surface area contributed by atoms with E-state index in [4.69, 9.17) is 45.7 Å². The van der Waals surface area contributed by atoms with Crippen molar-refractivity contribution in [1.82, 2.24) is 74.9 Å². The van der Waals surface area contributed by atoms with E-state index < -0.39 is 226 Å². The predicted octanol–water partition coefficient (Wildman–Crippen LogP) is 6.55. The summed E-state index contributed by atoms with van der Waals surface area (Å²) in [6.45, 7) is -3.77. The first-order valence-electron chi connectivity index (χ1n) is 45.9. The van der Waals surface area contributed by atoms with Crippen LogP contribution in [0.15, 0.2) is 69.9 Å². The summed E-state index contributed by atoms with van der Waals surface area (Å²) in [5.74, 6) is -7.22. The van der Waals surface area contributed by atoms with Crippen LogP contribution in [0.5, 0.6) is 0 Å². The van der Waals surface area contributed by atoms with Gasteiger partial charge in [-0.15, -0.1) is 15.3 Å². The number of halogens is 3.